The standard InChI is InChI=1S/C24H31N3O2/c1-23(2)21(24(3,4)22(23)28)27-15-13-26(14-16-27)20-19(11-8-12-25-20)29-17-18-9-6-5-7-10-18/h5-12,21H,13-17H2,1-4H3. The molecule has 0 atom stereocenters. The Labute approximate surface area is 173 Å². The summed E-state index contributed by atoms with van der Waals surface area (Å²) in [6, 6.07) is 14.4. The quantitative estimate of drug-likeness (QED) is 0.773. The van der Waals surface area contributed by atoms with Gasteiger partial charge in [0.05, 0.1) is 0 Å². The van der Waals surface area contributed by atoms with E-state index in [1.54, 1.807) is 0 Å². The molecule has 1 aliphatic heterocycles. The minimum absolute atomic E-state index is 0.263. The maximum Gasteiger partial charge on any atom is 0.171 e. The van der Waals surface area contributed by atoms with Crippen molar-refractivity contribution in [3.05, 3.63) is 54.2 Å². The summed E-state index contributed by atoms with van der Waals surface area (Å²) in [4.78, 5) is 21.9. The van der Waals surface area contributed by atoms with Crippen LogP contribution in [0.3, 0.4) is 0 Å². The Morgan fingerprint density at radius 1 is 0.966 bits per heavy atom. The van der Waals surface area contributed by atoms with Crippen LogP contribution in [-0.2, 0) is 11.4 Å². The number of pyridine rings is 1. The largest absolute Gasteiger partial charge is 0.485 e. The topological polar surface area (TPSA) is 45.7 Å². The van der Waals surface area contributed by atoms with Crippen molar-refractivity contribution >= 4 is 11.6 Å². The van der Waals surface area contributed by atoms with Crippen LogP contribution in [0.1, 0.15) is 33.3 Å². The predicted octanol–water partition coefficient (Wildman–Crippen LogP) is 3.79. The summed E-state index contributed by atoms with van der Waals surface area (Å²) < 4.78 is 6.10. The second-order valence-corrected chi connectivity index (χ2v) is 9.30. The Hall–Kier alpha value is -2.40. The molecule has 1 saturated carbocycles. The molecule has 2 fully saturated rings. The van der Waals surface area contributed by atoms with E-state index >= 15 is 0 Å². The van der Waals surface area contributed by atoms with Crippen LogP contribution in [0.5, 0.6) is 5.75 Å². The molecular formula is C24H31N3O2. The fraction of sp³-hybridized carbons (Fsp3) is 0.500. The van der Waals surface area contributed by atoms with E-state index in [1.165, 1.54) is 0 Å². The molecule has 2 aliphatic rings. The van der Waals surface area contributed by atoms with Gasteiger partial charge in [0, 0.05) is 49.2 Å². The molecule has 5 heteroatoms. The summed E-state index contributed by atoms with van der Waals surface area (Å²) in [5, 5.41) is 0. The molecule has 1 aromatic heterocycles. The van der Waals surface area contributed by atoms with Crippen molar-refractivity contribution in [1.82, 2.24) is 9.88 Å². The lowest BCUT2D eigenvalue weighted by Crippen LogP contribution is -2.72. The van der Waals surface area contributed by atoms with Crippen LogP contribution in [0.25, 0.3) is 0 Å². The second-order valence-electron chi connectivity index (χ2n) is 9.30. The molecule has 0 bridgehead atoms. The first-order valence-electron chi connectivity index (χ1n) is 10.5. The van der Waals surface area contributed by atoms with Crippen molar-refractivity contribution in [3.63, 3.8) is 0 Å². The van der Waals surface area contributed by atoms with E-state index in [4.69, 9.17) is 4.74 Å². The van der Waals surface area contributed by atoms with Gasteiger partial charge in [0.25, 0.3) is 0 Å². The fourth-order valence-electron chi connectivity index (χ4n) is 5.48. The number of aromatic nitrogens is 1. The Balaban J connectivity index is 1.42. The maximum atomic E-state index is 12.5. The number of rotatable bonds is 5. The first kappa shape index (κ1) is 19.9. The van der Waals surface area contributed by atoms with Crippen molar-refractivity contribution in [1.29, 1.82) is 0 Å². The van der Waals surface area contributed by atoms with Crippen LogP contribution < -0.4 is 9.64 Å². The van der Waals surface area contributed by atoms with Crippen molar-refractivity contribution in [2.45, 2.75) is 40.3 Å². The highest BCUT2D eigenvalue weighted by molar-refractivity contribution is 5.97. The zero-order chi connectivity index (χ0) is 20.6. The Morgan fingerprint density at radius 3 is 2.28 bits per heavy atom. The first-order chi connectivity index (χ1) is 13.8. The van der Waals surface area contributed by atoms with Gasteiger partial charge >= 0.3 is 0 Å². The summed E-state index contributed by atoms with van der Waals surface area (Å²) in [7, 11) is 0. The minimum Gasteiger partial charge on any atom is -0.485 e. The summed E-state index contributed by atoms with van der Waals surface area (Å²) in [6.45, 7) is 12.5. The summed E-state index contributed by atoms with van der Waals surface area (Å²) in [5.41, 5.74) is 0.618. The van der Waals surface area contributed by atoms with Crippen molar-refractivity contribution in [3.8, 4) is 5.75 Å². The number of Topliss-reactive ketones (excluding diaryl/α,β-unsaturated/α-hetero) is 1. The number of ether oxygens (including phenoxy) is 1. The van der Waals surface area contributed by atoms with Gasteiger partial charge in [0.2, 0.25) is 0 Å². The van der Waals surface area contributed by atoms with Crippen molar-refractivity contribution in [2.75, 3.05) is 31.1 Å². The van der Waals surface area contributed by atoms with Gasteiger partial charge in [-0.05, 0) is 17.7 Å². The van der Waals surface area contributed by atoms with Gasteiger partial charge in [-0.2, -0.15) is 0 Å². The van der Waals surface area contributed by atoms with Gasteiger partial charge in [-0.25, -0.2) is 4.98 Å². The van der Waals surface area contributed by atoms with Gasteiger partial charge < -0.3 is 9.64 Å². The second kappa shape index (κ2) is 7.45. The van der Waals surface area contributed by atoms with E-state index < -0.39 is 0 Å². The van der Waals surface area contributed by atoms with E-state index in [2.05, 4.69) is 54.6 Å². The van der Waals surface area contributed by atoms with Gasteiger partial charge in [-0.3, -0.25) is 9.69 Å². The lowest BCUT2D eigenvalue weighted by atomic mass is 9.50. The highest BCUT2D eigenvalue weighted by atomic mass is 16.5. The van der Waals surface area contributed by atoms with E-state index in [0.29, 0.717) is 18.4 Å². The normalized spacial score (nSPS) is 21.7. The Bertz CT molecular complexity index is 853. The summed E-state index contributed by atoms with van der Waals surface area (Å²) in [5.74, 6) is 2.11. The highest BCUT2D eigenvalue weighted by Crippen LogP contribution is 2.53. The summed E-state index contributed by atoms with van der Waals surface area (Å²) in [6.07, 6.45) is 1.83. The van der Waals surface area contributed by atoms with Crippen LogP contribution in [0.4, 0.5) is 5.82 Å². The zero-order valence-corrected chi connectivity index (χ0v) is 17.9. The molecule has 154 valence electrons. The lowest BCUT2D eigenvalue weighted by Gasteiger charge is -2.60. The number of anilines is 1. The van der Waals surface area contributed by atoms with Crippen LogP contribution in [-0.4, -0.2) is 47.9 Å². The molecule has 0 amide bonds. The van der Waals surface area contributed by atoms with Crippen LogP contribution >= 0.6 is 0 Å². The van der Waals surface area contributed by atoms with Crippen molar-refractivity contribution in [2.24, 2.45) is 10.8 Å². The average molecular weight is 394 g/mol. The van der Waals surface area contributed by atoms with Crippen LogP contribution in [0, 0.1) is 10.8 Å². The van der Waals surface area contributed by atoms with Gasteiger partial charge in [-0.15, -0.1) is 0 Å². The lowest BCUT2D eigenvalue weighted by molar-refractivity contribution is -0.170. The molecule has 5 nitrogen and oxygen atoms in total. The Morgan fingerprint density at radius 2 is 1.62 bits per heavy atom. The van der Waals surface area contributed by atoms with Crippen LogP contribution in [0.15, 0.2) is 48.7 Å². The van der Waals surface area contributed by atoms with Crippen LogP contribution in [0.2, 0.25) is 0 Å². The van der Waals surface area contributed by atoms with E-state index in [9.17, 15) is 4.79 Å². The number of ketones is 1. The monoisotopic (exact) mass is 393 g/mol. The number of carbonyl (C=O) groups is 1. The molecule has 0 N–H and O–H groups in total. The molecule has 29 heavy (non-hydrogen) atoms. The molecule has 1 saturated heterocycles. The number of piperazine rings is 1. The third kappa shape index (κ3) is 3.52. The summed E-state index contributed by atoms with van der Waals surface area (Å²) >= 11 is 0. The number of nitrogens with zero attached hydrogens (tertiary/aromatic N) is 3. The molecule has 1 aliphatic carbocycles. The average Bonchev–Trinajstić information content (AvgIpc) is 2.73. The molecule has 1 aromatic carbocycles. The minimum atomic E-state index is -0.263. The van der Waals surface area contributed by atoms with E-state index in [0.717, 1.165) is 43.3 Å². The molecule has 0 spiro atoms. The van der Waals surface area contributed by atoms with Gasteiger partial charge in [0.15, 0.2) is 11.6 Å². The number of carbonyl (C=O) groups excluding carboxylic acids is 1. The molecule has 0 radical (unpaired) electrons. The first-order valence-corrected chi connectivity index (χ1v) is 10.5. The number of hydrogen-bond donors (Lipinski definition) is 0. The number of hydrogen-bond acceptors (Lipinski definition) is 5. The molecule has 2 aromatic rings. The zero-order valence-electron chi connectivity index (χ0n) is 17.9. The molecule has 4 rings (SSSR count). The predicted molar refractivity (Wildman–Crippen MR) is 115 cm³/mol. The molecule has 0 unspecified atom stereocenters. The maximum absolute atomic E-state index is 12.5. The van der Waals surface area contributed by atoms with E-state index in [-0.39, 0.29) is 10.8 Å². The fourth-order valence-corrected chi connectivity index (χ4v) is 5.48. The third-order valence-electron chi connectivity index (χ3n) is 6.50. The smallest absolute Gasteiger partial charge is 0.171 e. The van der Waals surface area contributed by atoms with Crippen molar-refractivity contribution < 1.29 is 9.53 Å². The van der Waals surface area contributed by atoms with Gasteiger partial charge in [-0.1, -0.05) is 58.0 Å². The third-order valence-corrected chi connectivity index (χ3v) is 6.50. The van der Waals surface area contributed by atoms with E-state index in [1.807, 2.05) is 36.5 Å². The number of benzene rings is 1. The van der Waals surface area contributed by atoms with Gasteiger partial charge in [0.1, 0.15) is 12.4 Å². The Kier molecular flexibility index (Phi) is 5.11. The SMILES string of the molecule is CC1(C)C(=O)C(C)(C)C1N1CCN(c2ncccc2OCc2ccccc2)CC1. The molecular weight excluding hydrogens is 362 g/mol. The highest BCUT2D eigenvalue weighted by Gasteiger charge is 2.63. The molecule has 2 heterocycles.